The summed E-state index contributed by atoms with van der Waals surface area (Å²) in [6.07, 6.45) is 3.11. The summed E-state index contributed by atoms with van der Waals surface area (Å²) < 4.78 is 7.03. The van der Waals surface area contributed by atoms with Crippen LogP contribution in [0.25, 0.3) is 10.6 Å². The fraction of sp³-hybridized carbons (Fsp3) is 0.471. The van der Waals surface area contributed by atoms with Crippen LogP contribution in [0, 0.1) is 11.8 Å². The smallest absolute Gasteiger partial charge is 0.359 e. The van der Waals surface area contributed by atoms with E-state index in [1.165, 1.54) is 11.3 Å². The summed E-state index contributed by atoms with van der Waals surface area (Å²) in [5, 5.41) is 6.54. The molecule has 2 heterocycles. The normalized spacial score (nSPS) is 11.9. The predicted molar refractivity (Wildman–Crippen MR) is 94.8 cm³/mol. The Labute approximate surface area is 146 Å². The fourth-order valence-electron chi connectivity index (χ4n) is 2.03. The summed E-state index contributed by atoms with van der Waals surface area (Å²) in [6, 6.07) is 0. The van der Waals surface area contributed by atoms with Crippen LogP contribution in [0.1, 0.15) is 31.3 Å². The zero-order valence-corrected chi connectivity index (χ0v) is 15.3. The van der Waals surface area contributed by atoms with Gasteiger partial charge in [0, 0.05) is 24.2 Å². The summed E-state index contributed by atoms with van der Waals surface area (Å²) in [4.78, 5) is 18.6. The first-order valence-corrected chi connectivity index (χ1v) is 8.77. The van der Waals surface area contributed by atoms with E-state index < -0.39 is 12.1 Å². The highest BCUT2D eigenvalue weighted by Gasteiger charge is 2.15. The zero-order valence-electron chi connectivity index (χ0n) is 14.4. The van der Waals surface area contributed by atoms with Crippen LogP contribution in [-0.2, 0) is 11.8 Å². The summed E-state index contributed by atoms with van der Waals surface area (Å²) in [6.45, 7) is 8.54. The molecule has 0 amide bonds. The van der Waals surface area contributed by atoms with Crippen molar-refractivity contribution in [2.75, 3.05) is 19.6 Å². The highest BCUT2D eigenvalue weighted by Crippen LogP contribution is 2.23. The largest absolute Gasteiger partial charge is 0.445 e. The molecule has 0 aliphatic carbocycles. The van der Waals surface area contributed by atoms with Crippen molar-refractivity contribution < 1.29 is 9.53 Å². The maximum Gasteiger partial charge on any atom is 0.359 e. The summed E-state index contributed by atoms with van der Waals surface area (Å²) in [7, 11) is 1.84. The van der Waals surface area contributed by atoms with Gasteiger partial charge in [-0.2, -0.15) is 5.10 Å². The maximum atomic E-state index is 12.1. The first-order chi connectivity index (χ1) is 11.5. The van der Waals surface area contributed by atoms with Gasteiger partial charge < -0.3 is 4.74 Å². The van der Waals surface area contributed by atoms with Gasteiger partial charge in [0.05, 0.1) is 12.7 Å². The van der Waals surface area contributed by atoms with E-state index in [9.17, 15) is 4.79 Å². The second-order valence-electron chi connectivity index (χ2n) is 5.27. The highest BCUT2D eigenvalue weighted by molar-refractivity contribution is 7.13. The summed E-state index contributed by atoms with van der Waals surface area (Å²) in [5.41, 5.74) is 1.19. The van der Waals surface area contributed by atoms with Gasteiger partial charge in [0.25, 0.3) is 0 Å². The average Bonchev–Trinajstić information content (AvgIpc) is 3.20. The number of nitrogens with zero attached hydrogens (tertiary/aromatic N) is 4. The molecule has 7 heteroatoms. The Kier molecular flexibility index (Phi) is 6.53. The zero-order chi connectivity index (χ0) is 17.5. The van der Waals surface area contributed by atoms with Crippen LogP contribution in [-0.4, -0.2) is 51.4 Å². The molecule has 0 bridgehead atoms. The Hall–Kier alpha value is -2.17. The Morgan fingerprint density at radius 1 is 1.46 bits per heavy atom. The van der Waals surface area contributed by atoms with Crippen molar-refractivity contribution in [3.8, 4) is 22.4 Å². The number of thiazole rings is 1. The highest BCUT2D eigenvalue weighted by atomic mass is 32.1. The first kappa shape index (κ1) is 18.2. The quantitative estimate of drug-likeness (QED) is 0.594. The molecule has 1 atom stereocenters. The molecule has 0 saturated heterocycles. The number of aromatic nitrogens is 3. The third kappa shape index (κ3) is 4.91. The van der Waals surface area contributed by atoms with Gasteiger partial charge in [0.15, 0.2) is 11.8 Å². The Bertz CT molecular complexity index is 737. The summed E-state index contributed by atoms with van der Waals surface area (Å²) >= 11 is 1.39. The molecule has 6 nitrogen and oxygen atoms in total. The number of aryl methyl sites for hydroxylation is 1. The van der Waals surface area contributed by atoms with E-state index in [1.54, 1.807) is 23.2 Å². The molecule has 0 fully saturated rings. The van der Waals surface area contributed by atoms with Gasteiger partial charge in [0.1, 0.15) is 5.01 Å². The van der Waals surface area contributed by atoms with Gasteiger partial charge in [-0.15, -0.1) is 11.3 Å². The second-order valence-corrected chi connectivity index (χ2v) is 6.13. The minimum Gasteiger partial charge on any atom is -0.445 e. The van der Waals surface area contributed by atoms with Gasteiger partial charge in [-0.25, -0.2) is 9.78 Å². The van der Waals surface area contributed by atoms with Gasteiger partial charge in [-0.1, -0.05) is 25.7 Å². The molecular weight excluding hydrogens is 324 g/mol. The lowest BCUT2D eigenvalue weighted by molar-refractivity contribution is 0.0432. The molecule has 0 unspecified atom stereocenters. The predicted octanol–water partition coefficient (Wildman–Crippen LogP) is 2.43. The lowest BCUT2D eigenvalue weighted by atomic mass is 10.3. The molecule has 0 radical (unpaired) electrons. The minimum absolute atomic E-state index is 0.302. The van der Waals surface area contributed by atoms with Crippen LogP contribution in [0.15, 0.2) is 17.8 Å². The van der Waals surface area contributed by atoms with Crippen molar-refractivity contribution in [3.63, 3.8) is 0 Å². The third-order valence-electron chi connectivity index (χ3n) is 3.45. The van der Waals surface area contributed by atoms with Crippen molar-refractivity contribution in [3.05, 3.63) is 23.5 Å². The van der Waals surface area contributed by atoms with Crippen LogP contribution in [0.3, 0.4) is 0 Å². The van der Waals surface area contributed by atoms with Crippen LogP contribution < -0.4 is 0 Å². The van der Waals surface area contributed by atoms with Crippen LogP contribution in [0.2, 0.25) is 0 Å². The maximum absolute atomic E-state index is 12.1. The average molecular weight is 346 g/mol. The number of hydrogen-bond donors (Lipinski definition) is 0. The lowest BCUT2D eigenvalue weighted by Gasteiger charge is -2.13. The second kappa shape index (κ2) is 8.62. The van der Waals surface area contributed by atoms with Crippen molar-refractivity contribution in [2.45, 2.75) is 26.9 Å². The number of hydrogen-bond acceptors (Lipinski definition) is 6. The van der Waals surface area contributed by atoms with Crippen molar-refractivity contribution in [1.82, 2.24) is 19.7 Å². The Balaban J connectivity index is 1.93. The minimum atomic E-state index is -0.461. The molecule has 2 rings (SSSR count). The Morgan fingerprint density at radius 2 is 2.21 bits per heavy atom. The van der Waals surface area contributed by atoms with E-state index in [0.717, 1.165) is 23.7 Å². The van der Waals surface area contributed by atoms with Crippen molar-refractivity contribution >= 4 is 17.3 Å². The molecule has 0 aliphatic rings. The van der Waals surface area contributed by atoms with Crippen LogP contribution in [0.5, 0.6) is 0 Å². The molecule has 2 aromatic heterocycles. The number of carbonyl (C=O) groups is 1. The number of esters is 1. The summed E-state index contributed by atoms with van der Waals surface area (Å²) in [5.74, 6) is 5.55. The van der Waals surface area contributed by atoms with E-state index in [-0.39, 0.29) is 0 Å². The fourth-order valence-corrected chi connectivity index (χ4v) is 2.80. The Morgan fingerprint density at radius 3 is 2.83 bits per heavy atom. The number of ether oxygens (including phenoxy) is 1. The lowest BCUT2D eigenvalue weighted by Crippen LogP contribution is -2.23. The molecule has 0 spiro atoms. The van der Waals surface area contributed by atoms with Gasteiger partial charge in [-0.3, -0.25) is 9.58 Å². The number of rotatable bonds is 6. The molecule has 0 aromatic carbocycles. The molecule has 128 valence electrons. The molecule has 0 aliphatic heterocycles. The van der Waals surface area contributed by atoms with Crippen molar-refractivity contribution in [1.29, 1.82) is 0 Å². The first-order valence-electron chi connectivity index (χ1n) is 7.89. The molecule has 0 N–H and O–H groups in total. The van der Waals surface area contributed by atoms with Gasteiger partial charge >= 0.3 is 5.97 Å². The van der Waals surface area contributed by atoms with Crippen molar-refractivity contribution in [2.24, 2.45) is 7.05 Å². The molecule has 2 aromatic rings. The SMILES string of the molecule is CCN(CC)CC#C[C@H](C)OC(=O)c1csc(-c2cnn(C)c2)n1. The topological polar surface area (TPSA) is 60.2 Å². The standard InChI is InChI=1S/C17H22N4O2S/c1-5-21(6-2)9-7-8-13(3)23-17(22)15-12-24-16(19-15)14-10-18-20(4)11-14/h10-13H,5-6,9H2,1-4H3/t13-/m0/s1. The van der Waals surface area contributed by atoms with E-state index in [0.29, 0.717) is 12.2 Å². The van der Waals surface area contributed by atoms with E-state index in [1.807, 2.05) is 13.2 Å². The third-order valence-corrected chi connectivity index (χ3v) is 4.34. The van der Waals surface area contributed by atoms with E-state index >= 15 is 0 Å². The van der Waals surface area contributed by atoms with Gasteiger partial charge in [-0.05, 0) is 20.0 Å². The molecule has 0 saturated carbocycles. The van der Waals surface area contributed by atoms with Gasteiger partial charge in [0.2, 0.25) is 0 Å². The van der Waals surface area contributed by atoms with E-state index in [2.05, 4.69) is 40.7 Å². The van der Waals surface area contributed by atoms with Crippen LogP contribution >= 0.6 is 11.3 Å². The van der Waals surface area contributed by atoms with E-state index in [4.69, 9.17) is 4.74 Å². The monoisotopic (exact) mass is 346 g/mol. The molecular formula is C17H22N4O2S. The van der Waals surface area contributed by atoms with Crippen LogP contribution in [0.4, 0.5) is 0 Å². The number of carbonyl (C=O) groups excluding carboxylic acids is 1. The molecule has 24 heavy (non-hydrogen) atoms.